The van der Waals surface area contributed by atoms with E-state index in [1.165, 1.54) is 4.31 Å². The fraction of sp³-hybridized carbons (Fsp3) is 0.333. The molecule has 1 aliphatic heterocycles. The third kappa shape index (κ3) is 4.70. The average molecular weight is 585 g/mol. The van der Waals surface area contributed by atoms with Crippen molar-refractivity contribution in [3.63, 3.8) is 0 Å². The van der Waals surface area contributed by atoms with Gasteiger partial charge < -0.3 is 9.73 Å². The number of anilines is 1. The van der Waals surface area contributed by atoms with E-state index in [9.17, 15) is 13.2 Å². The van der Waals surface area contributed by atoms with Gasteiger partial charge in [-0.05, 0) is 60.9 Å². The second-order valence-corrected chi connectivity index (χ2v) is 13.7. The Labute approximate surface area is 247 Å². The summed E-state index contributed by atoms with van der Waals surface area (Å²) in [5.41, 5.74) is 4.05. The summed E-state index contributed by atoms with van der Waals surface area (Å²) in [6.45, 7) is 10.6. The SMILES string of the molecule is CCN(CC)S(=O)(=O)c1ccc(-c2ccc([C@H]3c4c(C)nn(-c5ccccc5)c4NC4=CC(C)(C)CC(=O)[C@H]43)o2)cc1. The van der Waals surface area contributed by atoms with Gasteiger partial charge in [0.25, 0.3) is 0 Å². The van der Waals surface area contributed by atoms with Gasteiger partial charge in [0.05, 0.1) is 28.1 Å². The Morgan fingerprint density at radius 1 is 1.00 bits per heavy atom. The zero-order valence-corrected chi connectivity index (χ0v) is 25.4. The fourth-order valence-electron chi connectivity index (χ4n) is 6.35. The molecule has 2 atom stereocenters. The molecule has 0 saturated carbocycles. The first-order chi connectivity index (χ1) is 20.0. The van der Waals surface area contributed by atoms with Crippen molar-refractivity contribution in [1.82, 2.24) is 14.1 Å². The number of benzene rings is 2. The standard InChI is InChI=1S/C33H36N4O4S/c1-6-36(7-2)42(39,40)24-15-13-22(14-16-24)27-17-18-28(41-27)31-29-21(3)35-37(23-11-9-8-10-12-23)32(29)34-25-19-33(4,5)20-26(38)30(25)31/h8-19,30-31,34H,6-7,20H2,1-5H3/t30-,31-/m0/s1. The van der Waals surface area contributed by atoms with Crippen molar-refractivity contribution in [2.24, 2.45) is 11.3 Å². The molecule has 42 heavy (non-hydrogen) atoms. The number of hydrogen-bond acceptors (Lipinski definition) is 6. The molecule has 0 spiro atoms. The number of allylic oxidation sites excluding steroid dienone is 2. The third-order valence-corrected chi connectivity index (χ3v) is 10.4. The topological polar surface area (TPSA) is 97.4 Å². The molecule has 1 aliphatic carbocycles. The molecule has 0 bridgehead atoms. The molecular formula is C33H36N4O4S. The lowest BCUT2D eigenvalue weighted by molar-refractivity contribution is -0.124. The van der Waals surface area contributed by atoms with E-state index < -0.39 is 15.9 Å². The summed E-state index contributed by atoms with van der Waals surface area (Å²) in [6, 6.07) is 20.5. The van der Waals surface area contributed by atoms with Crippen LogP contribution >= 0.6 is 0 Å². The van der Waals surface area contributed by atoms with Gasteiger partial charge in [0, 0.05) is 36.3 Å². The maximum atomic E-state index is 13.7. The van der Waals surface area contributed by atoms with Crippen LogP contribution < -0.4 is 5.32 Å². The van der Waals surface area contributed by atoms with Crippen LogP contribution in [-0.4, -0.2) is 41.4 Å². The maximum Gasteiger partial charge on any atom is 0.243 e. The Bertz CT molecular complexity index is 1780. The Balaban J connectivity index is 1.43. The number of ketones is 1. The van der Waals surface area contributed by atoms with Crippen LogP contribution in [0.5, 0.6) is 0 Å². The lowest BCUT2D eigenvalue weighted by Crippen LogP contribution is -2.39. The van der Waals surface area contributed by atoms with Crippen LogP contribution in [0.4, 0.5) is 5.82 Å². The first-order valence-corrected chi connectivity index (χ1v) is 15.9. The van der Waals surface area contributed by atoms with Crippen LogP contribution in [0.15, 0.2) is 87.8 Å². The van der Waals surface area contributed by atoms with Crippen LogP contribution in [0, 0.1) is 18.3 Å². The molecule has 0 unspecified atom stereocenters. The third-order valence-electron chi connectivity index (χ3n) is 8.29. The van der Waals surface area contributed by atoms with Crippen molar-refractivity contribution in [2.45, 2.75) is 51.9 Å². The first kappa shape index (κ1) is 28.2. The van der Waals surface area contributed by atoms with Gasteiger partial charge in [-0.2, -0.15) is 9.40 Å². The Morgan fingerprint density at radius 2 is 1.69 bits per heavy atom. The summed E-state index contributed by atoms with van der Waals surface area (Å²) in [6.07, 6.45) is 2.61. The number of fused-ring (bicyclic) bond motifs is 2. The normalized spacial score (nSPS) is 19.7. The smallest absolute Gasteiger partial charge is 0.243 e. The number of sulfonamides is 1. The second kappa shape index (κ2) is 10.4. The molecular weight excluding hydrogens is 548 g/mol. The van der Waals surface area contributed by atoms with E-state index in [0.29, 0.717) is 31.0 Å². The van der Waals surface area contributed by atoms with E-state index in [4.69, 9.17) is 9.52 Å². The number of hydrogen-bond donors (Lipinski definition) is 1. The van der Waals surface area contributed by atoms with E-state index in [-0.39, 0.29) is 22.0 Å². The number of rotatable bonds is 7. The highest BCUT2D eigenvalue weighted by Crippen LogP contribution is 2.51. The van der Waals surface area contributed by atoms with Crippen LogP contribution in [0.25, 0.3) is 17.0 Å². The van der Waals surface area contributed by atoms with Gasteiger partial charge in [0.1, 0.15) is 23.1 Å². The predicted octanol–water partition coefficient (Wildman–Crippen LogP) is 6.53. The monoisotopic (exact) mass is 584 g/mol. The molecule has 2 aromatic carbocycles. The van der Waals surface area contributed by atoms with Gasteiger partial charge in [0.15, 0.2) is 0 Å². The number of aromatic nitrogens is 2. The van der Waals surface area contributed by atoms with Gasteiger partial charge in [-0.25, -0.2) is 13.1 Å². The molecule has 0 radical (unpaired) electrons. The highest BCUT2D eigenvalue weighted by molar-refractivity contribution is 7.89. The number of aryl methyl sites for hydroxylation is 1. The fourth-order valence-corrected chi connectivity index (χ4v) is 7.81. The summed E-state index contributed by atoms with van der Waals surface area (Å²) < 4.78 is 35.8. The number of carbonyl (C=O) groups is 1. The highest BCUT2D eigenvalue weighted by Gasteiger charge is 2.47. The van der Waals surface area contributed by atoms with Crippen molar-refractivity contribution in [1.29, 1.82) is 0 Å². The van der Waals surface area contributed by atoms with Crippen LogP contribution in [0.2, 0.25) is 0 Å². The molecule has 2 aromatic heterocycles. The van der Waals surface area contributed by atoms with Gasteiger partial charge in [0.2, 0.25) is 10.0 Å². The molecule has 1 N–H and O–H groups in total. The van der Waals surface area contributed by atoms with Crippen molar-refractivity contribution >= 4 is 21.6 Å². The van der Waals surface area contributed by atoms with E-state index in [2.05, 4.69) is 25.2 Å². The molecule has 218 valence electrons. The maximum absolute atomic E-state index is 13.7. The van der Waals surface area contributed by atoms with Crippen LogP contribution in [-0.2, 0) is 14.8 Å². The number of nitrogens with one attached hydrogen (secondary N) is 1. The van der Waals surface area contributed by atoms with Crippen molar-refractivity contribution in [2.75, 3.05) is 18.4 Å². The molecule has 9 heteroatoms. The Morgan fingerprint density at radius 3 is 2.36 bits per heavy atom. The summed E-state index contributed by atoms with van der Waals surface area (Å²) in [7, 11) is -3.56. The number of carbonyl (C=O) groups excluding carboxylic acids is 1. The minimum absolute atomic E-state index is 0.163. The number of Topliss-reactive ketones (excluding diaryl/α,β-unsaturated/α-hetero) is 1. The Hall–Kier alpha value is -3.95. The van der Waals surface area contributed by atoms with Crippen molar-refractivity contribution in [3.05, 3.63) is 95.5 Å². The van der Waals surface area contributed by atoms with Gasteiger partial charge in [-0.1, -0.05) is 52.0 Å². The lowest BCUT2D eigenvalue weighted by Gasteiger charge is -2.39. The number of furan rings is 1. The van der Waals surface area contributed by atoms with Crippen LogP contribution in [0.3, 0.4) is 0 Å². The second-order valence-electron chi connectivity index (χ2n) is 11.7. The molecule has 0 amide bonds. The Kier molecular flexibility index (Phi) is 6.98. The van der Waals surface area contributed by atoms with E-state index in [1.54, 1.807) is 24.3 Å². The zero-order valence-electron chi connectivity index (χ0n) is 24.6. The van der Waals surface area contributed by atoms with E-state index in [0.717, 1.165) is 34.0 Å². The quantitative estimate of drug-likeness (QED) is 0.265. The summed E-state index contributed by atoms with van der Waals surface area (Å²) in [4.78, 5) is 14.0. The zero-order chi connectivity index (χ0) is 29.8. The lowest BCUT2D eigenvalue weighted by atomic mass is 9.68. The first-order valence-electron chi connectivity index (χ1n) is 14.4. The largest absolute Gasteiger partial charge is 0.460 e. The van der Waals surface area contributed by atoms with Crippen LogP contribution in [0.1, 0.15) is 57.1 Å². The highest BCUT2D eigenvalue weighted by atomic mass is 32.2. The van der Waals surface area contributed by atoms with E-state index >= 15 is 0 Å². The summed E-state index contributed by atoms with van der Waals surface area (Å²) in [5, 5.41) is 8.48. The van der Waals surface area contributed by atoms with Gasteiger partial charge >= 0.3 is 0 Å². The van der Waals surface area contributed by atoms with Crippen molar-refractivity contribution in [3.8, 4) is 17.0 Å². The minimum atomic E-state index is -3.56. The minimum Gasteiger partial charge on any atom is -0.460 e. The van der Waals surface area contributed by atoms with Gasteiger partial charge in [-0.3, -0.25) is 4.79 Å². The van der Waals surface area contributed by atoms with E-state index in [1.807, 2.05) is 67.9 Å². The van der Waals surface area contributed by atoms with Gasteiger partial charge in [-0.15, -0.1) is 0 Å². The summed E-state index contributed by atoms with van der Waals surface area (Å²) in [5.74, 6) is 1.51. The average Bonchev–Trinajstić information content (AvgIpc) is 3.57. The summed E-state index contributed by atoms with van der Waals surface area (Å²) >= 11 is 0. The molecule has 4 aromatic rings. The number of nitrogens with zero attached hydrogens (tertiary/aromatic N) is 3. The molecule has 0 fully saturated rings. The number of para-hydroxylation sites is 1. The predicted molar refractivity (Wildman–Crippen MR) is 163 cm³/mol. The molecule has 8 nitrogen and oxygen atoms in total. The van der Waals surface area contributed by atoms with Crippen molar-refractivity contribution < 1.29 is 17.6 Å². The molecule has 3 heterocycles. The molecule has 0 saturated heterocycles. The molecule has 2 aliphatic rings. The molecule has 6 rings (SSSR count).